The molecule has 0 saturated carbocycles. The van der Waals surface area contributed by atoms with E-state index in [0.29, 0.717) is 42.9 Å². The minimum absolute atomic E-state index is 0. The molecule has 10 heteroatoms. The smallest absolute Gasteiger partial charge is 0.160 e. The lowest BCUT2D eigenvalue weighted by Gasteiger charge is -2.32. The predicted octanol–water partition coefficient (Wildman–Crippen LogP) is 3.63. The summed E-state index contributed by atoms with van der Waals surface area (Å²) in [6.07, 6.45) is 14.5. The number of aliphatic hydroxyl groups is 1. The molecule has 1 fully saturated rings. The van der Waals surface area contributed by atoms with Gasteiger partial charge >= 0.3 is 0 Å². The van der Waals surface area contributed by atoms with Crippen molar-refractivity contribution in [2.75, 3.05) is 26.2 Å². The zero-order valence-corrected chi connectivity index (χ0v) is 22.4. The number of hydrogen-bond donors (Lipinski definition) is 6. The summed E-state index contributed by atoms with van der Waals surface area (Å²) < 4.78 is 12.3. The fraction of sp³-hybridized carbons (Fsp3) is 0.464. The molecule has 4 aliphatic rings. The number of allylic oxidation sites excluding steroid dienone is 2. The van der Waals surface area contributed by atoms with Gasteiger partial charge in [-0.25, -0.2) is 4.39 Å². The van der Waals surface area contributed by atoms with Crippen molar-refractivity contribution in [2.45, 2.75) is 58.0 Å². The molecular formula is C28H47F2N7O. The van der Waals surface area contributed by atoms with Crippen LogP contribution in [0.2, 0.25) is 0 Å². The van der Waals surface area contributed by atoms with E-state index in [1.54, 1.807) is 24.0 Å². The van der Waals surface area contributed by atoms with E-state index in [1.807, 2.05) is 24.7 Å². The largest absolute Gasteiger partial charge is 0.402 e. The number of halogens is 2. The second-order valence-corrected chi connectivity index (χ2v) is 9.85. The zero-order valence-electron chi connectivity index (χ0n) is 22.4. The molecule has 8 N–H and O–H groups in total. The van der Waals surface area contributed by atoms with Crippen LogP contribution in [0.15, 0.2) is 71.9 Å². The Balaban J connectivity index is 0.000000740. The van der Waals surface area contributed by atoms with E-state index in [-0.39, 0.29) is 19.0 Å². The summed E-state index contributed by atoms with van der Waals surface area (Å²) in [4.78, 5) is 3.77. The van der Waals surface area contributed by atoms with Crippen molar-refractivity contribution < 1.29 is 17.1 Å². The Morgan fingerprint density at radius 2 is 1.95 bits per heavy atom. The molecule has 0 bridgehead atoms. The number of nitrogens with zero attached hydrogens (tertiary/aromatic N) is 2. The van der Waals surface area contributed by atoms with Crippen molar-refractivity contribution >= 4 is 5.71 Å². The van der Waals surface area contributed by atoms with E-state index < -0.39 is 6.35 Å². The fourth-order valence-corrected chi connectivity index (χ4v) is 4.44. The van der Waals surface area contributed by atoms with Gasteiger partial charge in [0.25, 0.3) is 0 Å². The van der Waals surface area contributed by atoms with Crippen LogP contribution in [0.4, 0.5) is 9.09 Å². The van der Waals surface area contributed by atoms with Gasteiger partial charge in [0.05, 0.1) is 5.71 Å². The molecule has 0 amide bonds. The molecule has 0 spiro atoms. The van der Waals surface area contributed by atoms with Crippen molar-refractivity contribution in [1.82, 2.24) is 20.4 Å². The number of rotatable bonds is 3. The molecule has 2 unspecified atom stereocenters. The second-order valence-electron chi connectivity index (χ2n) is 9.85. The van der Waals surface area contributed by atoms with E-state index in [9.17, 15) is 9.50 Å². The highest BCUT2D eigenvalue weighted by atomic mass is 19.1. The molecule has 4 heterocycles. The van der Waals surface area contributed by atoms with E-state index in [2.05, 4.69) is 34.6 Å². The third-order valence-electron chi connectivity index (χ3n) is 6.92. The number of hydrogen-bond acceptors (Lipinski definition) is 8. The van der Waals surface area contributed by atoms with Gasteiger partial charge in [0.15, 0.2) is 6.35 Å². The number of nitrogens with one attached hydrogen (secondary N) is 3. The Kier molecular flexibility index (Phi) is 12.1. The van der Waals surface area contributed by atoms with Crippen LogP contribution in [-0.2, 0) is 0 Å². The van der Waals surface area contributed by atoms with Crippen molar-refractivity contribution in [3.05, 3.63) is 83.2 Å². The van der Waals surface area contributed by atoms with Gasteiger partial charge in [0.1, 0.15) is 11.5 Å². The van der Waals surface area contributed by atoms with Gasteiger partial charge in [0, 0.05) is 52.2 Å². The molecule has 1 aromatic rings. The summed E-state index contributed by atoms with van der Waals surface area (Å²) in [5, 5.41) is 24.8. The molecule has 1 saturated heterocycles. The second kappa shape index (κ2) is 14.8. The van der Waals surface area contributed by atoms with Crippen LogP contribution in [0, 0.1) is 18.2 Å². The van der Waals surface area contributed by atoms with Crippen LogP contribution in [0.3, 0.4) is 0 Å². The molecule has 4 aliphatic heterocycles. The number of aliphatic hydroxyl groups excluding tert-OH is 1. The van der Waals surface area contributed by atoms with Gasteiger partial charge in [-0.15, -0.1) is 0 Å². The third kappa shape index (κ3) is 8.49. The highest BCUT2D eigenvalue weighted by molar-refractivity contribution is 6.11. The Hall–Kier alpha value is -3.05. The molecule has 5 rings (SSSR count). The lowest BCUT2D eigenvalue weighted by atomic mass is 9.95. The minimum atomic E-state index is -1.03. The lowest BCUT2D eigenvalue weighted by molar-refractivity contribution is 0.0136. The van der Waals surface area contributed by atoms with E-state index in [4.69, 9.17) is 16.9 Å². The fourth-order valence-electron chi connectivity index (χ4n) is 4.44. The molecule has 0 aromatic heterocycles. The normalized spacial score (nSPS) is 23.3. The van der Waals surface area contributed by atoms with Crippen molar-refractivity contribution in [1.29, 1.82) is 5.41 Å². The van der Waals surface area contributed by atoms with Gasteiger partial charge in [-0.05, 0) is 69.5 Å². The number of nitrogens with two attached hydrogens (primary N) is 2. The standard InChI is InChI=1S/C16H24N6O.C7H7F.C5H11N.FH.2H2/c1-16-5-2-3-11(9-22(16)8-6-20-16)14(18)12-10-21(15(19)23)7-4-13(12)17;1-6-4-2-3-5-7(6)8;1-2-4-6-5-3-1;;;/h2,5-6,8-9,15,18,20,23H,3-4,7,10,17,19H2,1H3;2-5H,1H3;6H,1-5H2;3*1H. The minimum Gasteiger partial charge on any atom is -0.402 e. The number of aryl methyl sites for hydroxylation is 1. The summed E-state index contributed by atoms with van der Waals surface area (Å²) in [6, 6.07) is 6.70. The Bertz CT molecular complexity index is 1030. The van der Waals surface area contributed by atoms with Gasteiger partial charge in [-0.2, -0.15) is 0 Å². The SMILES string of the molecule is C1CCNCC1.CC12C=CCC(C(=N)C3=C(N)CCN(C(N)O)C3)=CN1C=CN2.Cc1ccccc1F.F.[HH].[HH]. The number of piperidine rings is 1. The summed E-state index contributed by atoms with van der Waals surface area (Å²) in [6.45, 7) is 7.33. The number of benzene rings is 1. The first-order valence-corrected chi connectivity index (χ1v) is 13.0. The molecule has 2 atom stereocenters. The zero-order chi connectivity index (χ0) is 26.8. The summed E-state index contributed by atoms with van der Waals surface area (Å²) >= 11 is 0. The predicted molar refractivity (Wildman–Crippen MR) is 154 cm³/mol. The number of fused-ring (bicyclic) bond motifs is 1. The first kappa shape index (κ1) is 31.2. The van der Waals surface area contributed by atoms with E-state index in [1.165, 1.54) is 38.4 Å². The first-order chi connectivity index (χ1) is 17.7. The molecule has 8 nitrogen and oxygen atoms in total. The van der Waals surface area contributed by atoms with Crippen LogP contribution in [0.1, 0.15) is 47.4 Å². The summed E-state index contributed by atoms with van der Waals surface area (Å²) in [7, 11) is 0. The van der Waals surface area contributed by atoms with Crippen LogP contribution in [0.25, 0.3) is 0 Å². The highest BCUT2D eigenvalue weighted by Gasteiger charge is 2.31. The maximum Gasteiger partial charge on any atom is 0.160 e. The lowest BCUT2D eigenvalue weighted by Crippen LogP contribution is -2.47. The average molecular weight is 536 g/mol. The first-order valence-electron chi connectivity index (χ1n) is 13.0. The van der Waals surface area contributed by atoms with Gasteiger partial charge in [0.2, 0.25) is 0 Å². The van der Waals surface area contributed by atoms with Crippen LogP contribution >= 0.6 is 0 Å². The Labute approximate surface area is 227 Å². The van der Waals surface area contributed by atoms with Crippen molar-refractivity contribution in [3.63, 3.8) is 0 Å². The molecule has 214 valence electrons. The average Bonchev–Trinajstić information content (AvgIpc) is 3.18. The van der Waals surface area contributed by atoms with Crippen LogP contribution in [0.5, 0.6) is 0 Å². The highest BCUT2D eigenvalue weighted by Crippen LogP contribution is 2.28. The van der Waals surface area contributed by atoms with Crippen molar-refractivity contribution in [3.8, 4) is 0 Å². The van der Waals surface area contributed by atoms with Gasteiger partial charge in [-0.1, -0.05) is 30.7 Å². The maximum atomic E-state index is 12.3. The van der Waals surface area contributed by atoms with Gasteiger partial charge in [-0.3, -0.25) is 15.3 Å². The maximum absolute atomic E-state index is 12.3. The van der Waals surface area contributed by atoms with E-state index >= 15 is 0 Å². The molecular weight excluding hydrogens is 488 g/mol. The Morgan fingerprint density at radius 1 is 1.24 bits per heavy atom. The quantitative estimate of drug-likeness (QED) is 0.198. The molecule has 38 heavy (non-hydrogen) atoms. The Morgan fingerprint density at radius 3 is 2.50 bits per heavy atom. The van der Waals surface area contributed by atoms with Crippen molar-refractivity contribution in [2.24, 2.45) is 11.5 Å². The molecule has 1 aromatic carbocycles. The monoisotopic (exact) mass is 535 g/mol. The van der Waals surface area contributed by atoms with Crippen LogP contribution < -0.4 is 22.1 Å². The topological polar surface area (TPSA) is 127 Å². The summed E-state index contributed by atoms with van der Waals surface area (Å²) in [5.74, 6) is -0.132. The molecule has 0 radical (unpaired) electrons. The summed E-state index contributed by atoms with van der Waals surface area (Å²) in [5.41, 5.74) is 14.9. The van der Waals surface area contributed by atoms with E-state index in [0.717, 1.165) is 11.1 Å². The molecule has 0 aliphatic carbocycles. The van der Waals surface area contributed by atoms with Gasteiger partial charge < -0.3 is 31.8 Å². The van der Waals surface area contributed by atoms with Crippen LogP contribution in [-0.4, -0.2) is 58.8 Å². The third-order valence-corrected chi connectivity index (χ3v) is 6.92.